The summed E-state index contributed by atoms with van der Waals surface area (Å²) in [5.74, 6) is 0. The van der Waals surface area contributed by atoms with E-state index in [1.807, 2.05) is 0 Å². The van der Waals surface area contributed by atoms with Crippen LogP contribution in [-0.4, -0.2) is 25.9 Å². The summed E-state index contributed by atoms with van der Waals surface area (Å²) >= 11 is 0. The van der Waals surface area contributed by atoms with Crippen molar-refractivity contribution in [3.8, 4) is 0 Å². The molecule has 0 aromatic heterocycles. The normalized spacial score (nSPS) is 29.7. The van der Waals surface area contributed by atoms with E-state index in [0.29, 0.717) is 11.5 Å². The second-order valence-corrected chi connectivity index (χ2v) is 3.81. The zero-order chi connectivity index (χ0) is 7.03. The Hall–Kier alpha value is -0.0800. The second kappa shape index (κ2) is 2.21. The van der Waals surface area contributed by atoms with Crippen LogP contribution in [-0.2, 0) is 9.47 Å². The average Bonchev–Trinajstić information content (AvgIpc) is 2.61. The first kappa shape index (κ1) is 6.62. The maximum Gasteiger partial charge on any atom is 0.0577 e. The molecule has 2 aliphatic rings. The van der Waals surface area contributed by atoms with Crippen molar-refractivity contribution in [3.63, 3.8) is 0 Å². The molecule has 0 atom stereocenters. The number of hydrogen-bond acceptors (Lipinski definition) is 2. The van der Waals surface area contributed by atoms with Crippen molar-refractivity contribution >= 4 is 0 Å². The molecule has 0 aromatic rings. The number of hydrogen-bond donors (Lipinski definition) is 0. The van der Waals surface area contributed by atoms with Crippen molar-refractivity contribution in [2.75, 3.05) is 19.8 Å². The van der Waals surface area contributed by atoms with Crippen molar-refractivity contribution in [2.45, 2.75) is 25.9 Å². The van der Waals surface area contributed by atoms with E-state index >= 15 is 0 Å². The van der Waals surface area contributed by atoms with Crippen LogP contribution in [0.2, 0.25) is 0 Å². The van der Waals surface area contributed by atoms with Gasteiger partial charge in [-0.1, -0.05) is 6.92 Å². The first-order valence-electron chi connectivity index (χ1n) is 3.98. The van der Waals surface area contributed by atoms with Gasteiger partial charge in [0.1, 0.15) is 0 Å². The average molecular weight is 142 g/mol. The van der Waals surface area contributed by atoms with E-state index in [4.69, 9.17) is 9.47 Å². The molecule has 0 unspecified atom stereocenters. The maximum atomic E-state index is 5.58. The van der Waals surface area contributed by atoms with Gasteiger partial charge in [-0.2, -0.15) is 0 Å². The van der Waals surface area contributed by atoms with Crippen LogP contribution in [0.25, 0.3) is 0 Å². The lowest BCUT2D eigenvalue weighted by atomic mass is 9.90. The van der Waals surface area contributed by atoms with Gasteiger partial charge >= 0.3 is 0 Å². The minimum atomic E-state index is 0.350. The molecular weight excluding hydrogens is 128 g/mol. The second-order valence-electron chi connectivity index (χ2n) is 3.81. The van der Waals surface area contributed by atoms with Crippen LogP contribution >= 0.6 is 0 Å². The largest absolute Gasteiger partial charge is 0.380 e. The molecule has 2 nitrogen and oxygen atoms in total. The molecule has 2 fully saturated rings. The van der Waals surface area contributed by atoms with Gasteiger partial charge in [-0.25, -0.2) is 0 Å². The lowest BCUT2D eigenvalue weighted by Crippen LogP contribution is -2.43. The Labute approximate surface area is 61.5 Å². The summed E-state index contributed by atoms with van der Waals surface area (Å²) < 4.78 is 10.7. The van der Waals surface area contributed by atoms with Gasteiger partial charge in [-0.15, -0.1) is 0 Å². The summed E-state index contributed by atoms with van der Waals surface area (Å²) in [4.78, 5) is 0. The third-order valence-corrected chi connectivity index (χ3v) is 2.09. The van der Waals surface area contributed by atoms with Gasteiger partial charge < -0.3 is 9.47 Å². The van der Waals surface area contributed by atoms with Crippen molar-refractivity contribution < 1.29 is 9.47 Å². The van der Waals surface area contributed by atoms with Crippen molar-refractivity contribution in [2.24, 2.45) is 5.41 Å². The van der Waals surface area contributed by atoms with E-state index in [-0.39, 0.29) is 0 Å². The first-order chi connectivity index (χ1) is 4.79. The van der Waals surface area contributed by atoms with Gasteiger partial charge in [0.15, 0.2) is 0 Å². The van der Waals surface area contributed by atoms with Gasteiger partial charge in [-0.05, 0) is 12.8 Å². The standard InChI is InChI=1S/C8H14O2/c1-8(4-9-5-8)6-10-7-2-3-7/h7H,2-6H2,1H3. The van der Waals surface area contributed by atoms with Crippen molar-refractivity contribution in [1.82, 2.24) is 0 Å². The van der Waals surface area contributed by atoms with Crippen LogP contribution in [0, 0.1) is 5.41 Å². The highest BCUT2D eigenvalue weighted by molar-refractivity contribution is 4.82. The molecule has 10 heavy (non-hydrogen) atoms. The zero-order valence-corrected chi connectivity index (χ0v) is 6.43. The van der Waals surface area contributed by atoms with Crippen LogP contribution in [0.1, 0.15) is 19.8 Å². The Morgan fingerprint density at radius 3 is 2.60 bits per heavy atom. The fraction of sp³-hybridized carbons (Fsp3) is 1.00. The van der Waals surface area contributed by atoms with Gasteiger partial charge in [-0.3, -0.25) is 0 Å². The number of rotatable bonds is 3. The Morgan fingerprint density at radius 1 is 1.50 bits per heavy atom. The van der Waals surface area contributed by atoms with E-state index in [2.05, 4.69) is 6.92 Å². The van der Waals surface area contributed by atoms with Gasteiger partial charge in [0.05, 0.1) is 25.9 Å². The Bertz CT molecular complexity index is 125. The maximum absolute atomic E-state index is 5.58. The highest BCUT2D eigenvalue weighted by Gasteiger charge is 2.35. The van der Waals surface area contributed by atoms with Crippen LogP contribution in [0.3, 0.4) is 0 Å². The predicted octanol–water partition coefficient (Wildman–Crippen LogP) is 1.20. The molecule has 1 aliphatic heterocycles. The van der Waals surface area contributed by atoms with Gasteiger partial charge in [0.2, 0.25) is 0 Å². The van der Waals surface area contributed by atoms with E-state index in [9.17, 15) is 0 Å². The Kier molecular flexibility index (Phi) is 1.46. The highest BCUT2D eigenvalue weighted by atomic mass is 16.5. The summed E-state index contributed by atoms with van der Waals surface area (Å²) in [7, 11) is 0. The minimum Gasteiger partial charge on any atom is -0.380 e. The minimum absolute atomic E-state index is 0.350. The van der Waals surface area contributed by atoms with Crippen molar-refractivity contribution in [1.29, 1.82) is 0 Å². The fourth-order valence-corrected chi connectivity index (χ4v) is 1.09. The quantitative estimate of drug-likeness (QED) is 0.589. The fourth-order valence-electron chi connectivity index (χ4n) is 1.09. The monoisotopic (exact) mass is 142 g/mol. The molecule has 1 heterocycles. The van der Waals surface area contributed by atoms with Crippen LogP contribution in [0.15, 0.2) is 0 Å². The lowest BCUT2D eigenvalue weighted by Gasteiger charge is -2.37. The molecule has 2 rings (SSSR count). The molecule has 0 amide bonds. The number of ether oxygens (including phenoxy) is 2. The van der Waals surface area contributed by atoms with Gasteiger partial charge in [0, 0.05) is 5.41 Å². The Balaban J connectivity index is 1.67. The zero-order valence-electron chi connectivity index (χ0n) is 6.43. The highest BCUT2D eigenvalue weighted by Crippen LogP contribution is 2.31. The molecule has 0 bridgehead atoms. The molecule has 1 saturated carbocycles. The van der Waals surface area contributed by atoms with Gasteiger partial charge in [0.25, 0.3) is 0 Å². The van der Waals surface area contributed by atoms with E-state index in [1.165, 1.54) is 12.8 Å². The predicted molar refractivity (Wildman–Crippen MR) is 37.9 cm³/mol. The molecule has 0 spiro atoms. The lowest BCUT2D eigenvalue weighted by molar-refractivity contribution is -0.140. The summed E-state index contributed by atoms with van der Waals surface area (Å²) in [5.41, 5.74) is 0.350. The van der Waals surface area contributed by atoms with Crippen molar-refractivity contribution in [3.05, 3.63) is 0 Å². The van der Waals surface area contributed by atoms with Crippen LogP contribution in [0.5, 0.6) is 0 Å². The summed E-state index contributed by atoms with van der Waals surface area (Å²) in [6.07, 6.45) is 3.14. The van der Waals surface area contributed by atoms with Crippen LogP contribution in [0.4, 0.5) is 0 Å². The molecule has 1 saturated heterocycles. The third-order valence-electron chi connectivity index (χ3n) is 2.09. The van der Waals surface area contributed by atoms with E-state index in [1.54, 1.807) is 0 Å². The molecule has 2 heteroatoms. The Morgan fingerprint density at radius 2 is 2.20 bits per heavy atom. The van der Waals surface area contributed by atoms with E-state index < -0.39 is 0 Å². The molecule has 0 radical (unpaired) electrons. The smallest absolute Gasteiger partial charge is 0.0577 e. The summed E-state index contributed by atoms with van der Waals surface area (Å²) in [6.45, 7) is 4.90. The molecular formula is C8H14O2. The summed E-state index contributed by atoms with van der Waals surface area (Å²) in [5, 5.41) is 0. The molecule has 0 aromatic carbocycles. The third kappa shape index (κ3) is 1.32. The topological polar surface area (TPSA) is 18.5 Å². The summed E-state index contributed by atoms with van der Waals surface area (Å²) in [6, 6.07) is 0. The molecule has 1 aliphatic carbocycles. The van der Waals surface area contributed by atoms with Crippen LogP contribution < -0.4 is 0 Å². The molecule has 0 N–H and O–H groups in total. The van der Waals surface area contributed by atoms with E-state index in [0.717, 1.165) is 19.8 Å². The SMILES string of the molecule is CC1(COC2CC2)COC1. The first-order valence-corrected chi connectivity index (χ1v) is 3.98. The molecule has 58 valence electrons.